The number of pyridine rings is 1. The second-order valence-corrected chi connectivity index (χ2v) is 9.51. The zero-order valence-electron chi connectivity index (χ0n) is 19.4. The van der Waals surface area contributed by atoms with Crippen LogP contribution in [0.4, 0.5) is 5.69 Å². The molecular formula is C26H26N4O3S. The fraction of sp³-hybridized carbons (Fsp3) is 0.269. The number of aliphatic imine (C=N–C) groups is 1. The molecule has 8 heteroatoms. The first-order valence-corrected chi connectivity index (χ1v) is 12.0. The van der Waals surface area contributed by atoms with Crippen LogP contribution in [-0.2, 0) is 4.74 Å². The summed E-state index contributed by atoms with van der Waals surface area (Å²) in [7, 11) is 3.47. The fourth-order valence-corrected chi connectivity index (χ4v) is 5.57. The molecule has 1 aliphatic heterocycles. The topological polar surface area (TPSA) is 67.1 Å². The van der Waals surface area contributed by atoms with Crippen LogP contribution < -0.4 is 5.56 Å². The third kappa shape index (κ3) is 3.78. The van der Waals surface area contributed by atoms with E-state index in [1.807, 2.05) is 61.8 Å². The molecule has 4 aromatic rings. The Hall–Kier alpha value is -3.49. The van der Waals surface area contributed by atoms with Gasteiger partial charge in [-0.3, -0.25) is 9.36 Å². The Morgan fingerprint density at radius 3 is 2.41 bits per heavy atom. The zero-order valence-corrected chi connectivity index (χ0v) is 20.3. The van der Waals surface area contributed by atoms with Gasteiger partial charge in [0.05, 0.1) is 19.1 Å². The quantitative estimate of drug-likeness (QED) is 0.252. The van der Waals surface area contributed by atoms with E-state index in [-0.39, 0.29) is 5.56 Å². The lowest BCUT2D eigenvalue weighted by Gasteiger charge is -2.30. The molecule has 0 atom stereocenters. The Bertz CT molecular complexity index is 1480. The van der Waals surface area contributed by atoms with E-state index in [9.17, 15) is 9.59 Å². The van der Waals surface area contributed by atoms with Gasteiger partial charge in [0.1, 0.15) is 15.4 Å². The fourth-order valence-electron chi connectivity index (χ4n) is 4.38. The minimum atomic E-state index is -0.459. The third-order valence-corrected chi connectivity index (χ3v) is 7.46. The lowest BCUT2D eigenvalue weighted by Crippen LogP contribution is -2.43. The van der Waals surface area contributed by atoms with Crippen LogP contribution in [0, 0.1) is 6.92 Å². The van der Waals surface area contributed by atoms with Gasteiger partial charge in [-0.1, -0.05) is 36.4 Å². The number of para-hydroxylation sites is 1. The highest BCUT2D eigenvalue weighted by molar-refractivity contribution is 7.21. The maximum absolute atomic E-state index is 13.7. The van der Waals surface area contributed by atoms with Crippen LogP contribution >= 0.6 is 11.3 Å². The van der Waals surface area contributed by atoms with E-state index in [4.69, 9.17) is 9.73 Å². The van der Waals surface area contributed by atoms with Crippen molar-refractivity contribution in [3.05, 3.63) is 69.3 Å². The summed E-state index contributed by atoms with van der Waals surface area (Å²) < 4.78 is 6.82. The average molecular weight is 475 g/mol. The van der Waals surface area contributed by atoms with E-state index in [1.54, 1.807) is 4.57 Å². The first-order chi connectivity index (χ1) is 16.5. The largest absolute Gasteiger partial charge is 0.465 e. The highest BCUT2D eigenvalue weighted by atomic mass is 32.1. The van der Waals surface area contributed by atoms with E-state index in [0.717, 1.165) is 48.2 Å². The van der Waals surface area contributed by atoms with Crippen molar-refractivity contribution in [3.8, 4) is 5.69 Å². The van der Waals surface area contributed by atoms with E-state index in [0.29, 0.717) is 20.8 Å². The standard InChI is InChI=1S/C26H26N4O3S/c1-17-8-4-7-11-20(17)30-24(31)19-10-6-5-9-18(19)21-22(23(26(32)33-3)34-25(21)30)27-16-29-14-12-28(2)13-15-29/h4-11,16H,12-15H2,1-3H3. The first kappa shape index (κ1) is 22.3. The van der Waals surface area contributed by atoms with Gasteiger partial charge in [-0.25, -0.2) is 9.79 Å². The van der Waals surface area contributed by atoms with Crippen LogP contribution in [0.5, 0.6) is 0 Å². The van der Waals surface area contributed by atoms with E-state index >= 15 is 0 Å². The zero-order chi connectivity index (χ0) is 23.8. The van der Waals surface area contributed by atoms with Gasteiger partial charge in [0.15, 0.2) is 0 Å². The summed E-state index contributed by atoms with van der Waals surface area (Å²) in [6.07, 6.45) is 1.82. The van der Waals surface area contributed by atoms with E-state index in [2.05, 4.69) is 16.8 Å². The maximum atomic E-state index is 13.7. The summed E-state index contributed by atoms with van der Waals surface area (Å²) in [6.45, 7) is 5.62. The van der Waals surface area contributed by atoms with Gasteiger partial charge in [-0.15, -0.1) is 11.3 Å². The van der Waals surface area contributed by atoms with Gasteiger partial charge < -0.3 is 14.5 Å². The van der Waals surface area contributed by atoms with Gasteiger partial charge in [0.2, 0.25) is 0 Å². The molecule has 0 spiro atoms. The molecule has 2 aromatic carbocycles. The number of carbonyl (C=O) groups excluding carboxylic acids is 1. The second kappa shape index (κ2) is 9.04. The summed E-state index contributed by atoms with van der Waals surface area (Å²) in [4.78, 5) is 36.9. The number of ether oxygens (including phenoxy) is 1. The SMILES string of the molecule is COC(=O)c1sc2c(c1N=CN1CCN(C)CC1)c1ccccc1c(=O)n2-c1ccccc1C. The molecular weight excluding hydrogens is 448 g/mol. The molecule has 1 saturated heterocycles. The number of benzene rings is 2. The summed E-state index contributed by atoms with van der Waals surface area (Å²) >= 11 is 1.25. The average Bonchev–Trinajstić information content (AvgIpc) is 3.23. The number of methoxy groups -OCH3 is 1. The van der Waals surface area contributed by atoms with Gasteiger partial charge >= 0.3 is 5.97 Å². The van der Waals surface area contributed by atoms with Crippen molar-refractivity contribution in [2.75, 3.05) is 40.3 Å². The minimum absolute atomic E-state index is 0.121. The molecule has 34 heavy (non-hydrogen) atoms. The van der Waals surface area contributed by atoms with Crippen molar-refractivity contribution in [1.82, 2.24) is 14.4 Å². The smallest absolute Gasteiger partial charge is 0.350 e. The van der Waals surface area contributed by atoms with Crippen LogP contribution in [0.2, 0.25) is 0 Å². The van der Waals surface area contributed by atoms with Gasteiger partial charge in [0, 0.05) is 37.0 Å². The van der Waals surface area contributed by atoms with Gasteiger partial charge in [0.25, 0.3) is 5.56 Å². The number of esters is 1. The molecule has 0 aliphatic carbocycles. The predicted molar refractivity (Wildman–Crippen MR) is 138 cm³/mol. The number of hydrogen-bond acceptors (Lipinski definition) is 6. The molecule has 174 valence electrons. The molecule has 5 rings (SSSR count). The number of aryl methyl sites for hydroxylation is 1. The summed E-state index contributed by atoms with van der Waals surface area (Å²) in [5.41, 5.74) is 2.18. The molecule has 0 amide bonds. The van der Waals surface area contributed by atoms with Crippen LogP contribution in [0.15, 0.2) is 58.3 Å². The van der Waals surface area contributed by atoms with Crippen molar-refractivity contribution >= 4 is 50.3 Å². The number of likely N-dealkylation sites (N-methyl/N-ethyl adjacent to an activating group) is 1. The molecule has 0 unspecified atom stereocenters. The Balaban J connectivity index is 1.83. The molecule has 0 radical (unpaired) electrons. The Kier molecular flexibility index (Phi) is 5.93. The number of hydrogen-bond donors (Lipinski definition) is 0. The number of aromatic nitrogens is 1. The minimum Gasteiger partial charge on any atom is -0.465 e. The summed E-state index contributed by atoms with van der Waals surface area (Å²) in [5.74, 6) is -0.459. The summed E-state index contributed by atoms with van der Waals surface area (Å²) in [6, 6.07) is 15.3. The highest BCUT2D eigenvalue weighted by Crippen LogP contribution is 2.42. The predicted octanol–water partition coefficient (Wildman–Crippen LogP) is 4.21. The van der Waals surface area contributed by atoms with E-state index in [1.165, 1.54) is 18.4 Å². The molecule has 0 bridgehead atoms. The van der Waals surface area contributed by atoms with Crippen molar-refractivity contribution in [1.29, 1.82) is 0 Å². The van der Waals surface area contributed by atoms with Crippen LogP contribution in [0.1, 0.15) is 15.2 Å². The first-order valence-electron chi connectivity index (χ1n) is 11.2. The number of carbonyl (C=O) groups is 1. The summed E-state index contributed by atoms with van der Waals surface area (Å²) in [5, 5.41) is 2.15. The van der Waals surface area contributed by atoms with Crippen molar-refractivity contribution < 1.29 is 9.53 Å². The number of thiophene rings is 1. The molecule has 3 heterocycles. The molecule has 7 nitrogen and oxygen atoms in total. The van der Waals surface area contributed by atoms with Gasteiger partial charge in [-0.2, -0.15) is 0 Å². The number of piperazine rings is 1. The molecule has 0 N–H and O–H groups in total. The lowest BCUT2D eigenvalue weighted by molar-refractivity contribution is 0.0607. The monoisotopic (exact) mass is 474 g/mol. The van der Waals surface area contributed by atoms with Crippen molar-refractivity contribution in [3.63, 3.8) is 0 Å². The van der Waals surface area contributed by atoms with Crippen LogP contribution in [-0.4, -0.2) is 67.0 Å². The normalized spacial score (nSPS) is 15.0. The number of rotatable bonds is 4. The second-order valence-electron chi connectivity index (χ2n) is 8.51. The van der Waals surface area contributed by atoms with Crippen LogP contribution in [0.25, 0.3) is 26.7 Å². The number of fused-ring (bicyclic) bond motifs is 3. The lowest BCUT2D eigenvalue weighted by atomic mass is 10.1. The number of nitrogens with zero attached hydrogens (tertiary/aromatic N) is 4. The third-order valence-electron chi connectivity index (χ3n) is 6.31. The Morgan fingerprint density at radius 1 is 1.03 bits per heavy atom. The molecule has 2 aromatic heterocycles. The molecule has 1 aliphatic rings. The Labute approximate surface area is 201 Å². The van der Waals surface area contributed by atoms with Crippen LogP contribution in [0.3, 0.4) is 0 Å². The molecule has 1 fully saturated rings. The molecule has 0 saturated carbocycles. The van der Waals surface area contributed by atoms with Crippen molar-refractivity contribution in [2.24, 2.45) is 4.99 Å². The van der Waals surface area contributed by atoms with Crippen molar-refractivity contribution in [2.45, 2.75) is 6.92 Å². The highest BCUT2D eigenvalue weighted by Gasteiger charge is 2.25. The van der Waals surface area contributed by atoms with E-state index < -0.39 is 5.97 Å². The maximum Gasteiger partial charge on any atom is 0.350 e. The Morgan fingerprint density at radius 2 is 1.71 bits per heavy atom. The van der Waals surface area contributed by atoms with Gasteiger partial charge in [-0.05, 0) is 37.1 Å².